The summed E-state index contributed by atoms with van der Waals surface area (Å²) in [6, 6.07) is 16.0. The van der Waals surface area contributed by atoms with Crippen LogP contribution in [0.1, 0.15) is 11.7 Å². The quantitative estimate of drug-likeness (QED) is 0.694. The molecular weight excluding hydrogens is 275 g/mol. The molecule has 0 radical (unpaired) electrons. The van der Waals surface area contributed by atoms with E-state index in [0.717, 1.165) is 11.3 Å². The number of hydrogen-bond acceptors (Lipinski definition) is 3. The molecule has 1 aliphatic heterocycles. The molecule has 1 heterocycles. The molecule has 5 heteroatoms. The molecule has 0 spiro atoms. The third kappa shape index (κ3) is 2.38. The molecule has 20 heavy (non-hydrogen) atoms. The molecule has 0 saturated carbocycles. The van der Waals surface area contributed by atoms with E-state index in [1.54, 1.807) is 31.4 Å². The molecule has 2 aromatic rings. The van der Waals surface area contributed by atoms with E-state index in [4.69, 9.17) is 9.47 Å². The Bertz CT molecular complexity index is 639. The first-order chi connectivity index (χ1) is 9.63. The molecule has 0 aromatic heterocycles. The predicted octanol–water partition coefficient (Wildman–Crippen LogP) is 2.69. The van der Waals surface area contributed by atoms with Crippen molar-refractivity contribution >= 4 is 12.7 Å². The zero-order valence-corrected chi connectivity index (χ0v) is 11.9. The van der Waals surface area contributed by atoms with Gasteiger partial charge >= 0.3 is 0 Å². The maximum absolute atomic E-state index is 12.5. The van der Waals surface area contributed by atoms with Gasteiger partial charge in [0.1, 0.15) is 11.9 Å². The topological polar surface area (TPSA) is 59.1 Å². The lowest BCUT2D eigenvalue weighted by Gasteiger charge is -2.08. The monoisotopic (exact) mass is 290 g/mol. The lowest BCUT2D eigenvalue weighted by Crippen LogP contribution is -2.08. The van der Waals surface area contributed by atoms with Crippen LogP contribution in [0.5, 0.6) is 5.75 Å². The van der Waals surface area contributed by atoms with Crippen LogP contribution in [0.4, 0.5) is 0 Å². The second-order valence-corrected chi connectivity index (χ2v) is 6.95. The third-order valence-electron chi connectivity index (χ3n) is 3.38. The summed E-state index contributed by atoms with van der Waals surface area (Å²) in [5.74, 6) is 0.0967. The zero-order valence-electron chi connectivity index (χ0n) is 11.0. The van der Waals surface area contributed by atoms with Gasteiger partial charge in [-0.05, 0) is 29.8 Å². The van der Waals surface area contributed by atoms with E-state index in [0.29, 0.717) is 5.30 Å². The summed E-state index contributed by atoms with van der Waals surface area (Å²) in [7, 11) is -1.90. The molecule has 3 unspecified atom stereocenters. The van der Waals surface area contributed by atoms with Gasteiger partial charge in [0.2, 0.25) is 0 Å². The minimum absolute atomic E-state index is 0.322. The molecule has 3 rings (SSSR count). The smallest absolute Gasteiger partial charge is 0.260 e. The Morgan fingerprint density at radius 2 is 1.75 bits per heavy atom. The Balaban J connectivity index is 1.79. The second-order valence-electron chi connectivity index (χ2n) is 4.68. The van der Waals surface area contributed by atoms with E-state index < -0.39 is 13.2 Å². The van der Waals surface area contributed by atoms with E-state index >= 15 is 0 Å². The van der Waals surface area contributed by atoms with Crippen LogP contribution < -0.4 is 10.0 Å². The van der Waals surface area contributed by atoms with Gasteiger partial charge in [-0.15, -0.1) is 0 Å². The molecule has 0 bridgehead atoms. The van der Waals surface area contributed by atoms with Crippen molar-refractivity contribution in [1.29, 1.82) is 0 Å². The molecule has 1 fully saturated rings. The Morgan fingerprint density at radius 1 is 1.10 bits per heavy atom. The molecule has 3 atom stereocenters. The van der Waals surface area contributed by atoms with Gasteiger partial charge in [-0.1, -0.05) is 30.3 Å². The number of benzene rings is 2. The van der Waals surface area contributed by atoms with Crippen LogP contribution >= 0.6 is 7.37 Å². The van der Waals surface area contributed by atoms with Gasteiger partial charge < -0.3 is 14.4 Å². The number of rotatable bonds is 4. The van der Waals surface area contributed by atoms with Gasteiger partial charge in [0.25, 0.3) is 7.37 Å². The highest BCUT2D eigenvalue weighted by Gasteiger charge is 2.53. The van der Waals surface area contributed by atoms with Gasteiger partial charge in [0.05, 0.1) is 7.11 Å². The second kappa shape index (κ2) is 5.06. The number of ether oxygens (including phenoxy) is 2. The van der Waals surface area contributed by atoms with E-state index in [1.165, 1.54) is 0 Å². The molecule has 4 nitrogen and oxygen atoms in total. The fraction of sp³-hybridized carbons (Fsp3) is 0.200. The van der Waals surface area contributed by atoms with Gasteiger partial charge in [0, 0.05) is 5.30 Å². The van der Waals surface area contributed by atoms with Gasteiger partial charge in [0.15, 0.2) is 5.85 Å². The summed E-state index contributed by atoms with van der Waals surface area (Å²) in [6.07, 6.45) is -0.322. The SMILES string of the molecule is COc1ccc(C2OC2P(=O)(O)c2ccccc2)cc1. The van der Waals surface area contributed by atoms with Crippen LogP contribution in [0.3, 0.4) is 0 Å². The van der Waals surface area contributed by atoms with Gasteiger partial charge in [-0.2, -0.15) is 0 Å². The largest absolute Gasteiger partial charge is 0.497 e. The van der Waals surface area contributed by atoms with Crippen LogP contribution in [-0.2, 0) is 9.30 Å². The Labute approximate surface area is 117 Å². The molecule has 104 valence electrons. The third-order valence-corrected chi connectivity index (χ3v) is 5.50. The van der Waals surface area contributed by atoms with Crippen molar-refractivity contribution in [2.45, 2.75) is 11.9 Å². The first-order valence-corrected chi connectivity index (χ1v) is 8.03. The van der Waals surface area contributed by atoms with Crippen molar-refractivity contribution in [2.75, 3.05) is 7.11 Å². The van der Waals surface area contributed by atoms with Crippen molar-refractivity contribution < 1.29 is 18.9 Å². The zero-order chi connectivity index (χ0) is 14.2. The maximum atomic E-state index is 12.5. The van der Waals surface area contributed by atoms with Crippen molar-refractivity contribution in [1.82, 2.24) is 0 Å². The standard InChI is InChI=1S/C15H15O4P/c1-18-12-9-7-11(8-10-12)14-15(19-14)20(16,17)13-5-3-2-4-6-13/h2-10,14-15H,1H3,(H,16,17). The lowest BCUT2D eigenvalue weighted by molar-refractivity contribution is 0.385. The van der Waals surface area contributed by atoms with Crippen LogP contribution in [0.2, 0.25) is 0 Å². The number of hydrogen-bond donors (Lipinski definition) is 1. The fourth-order valence-electron chi connectivity index (χ4n) is 2.20. The van der Waals surface area contributed by atoms with E-state index in [2.05, 4.69) is 0 Å². The minimum Gasteiger partial charge on any atom is -0.497 e. The first-order valence-electron chi connectivity index (χ1n) is 6.30. The predicted molar refractivity (Wildman–Crippen MR) is 76.5 cm³/mol. The highest BCUT2D eigenvalue weighted by atomic mass is 31.2. The van der Waals surface area contributed by atoms with Crippen LogP contribution in [0.15, 0.2) is 54.6 Å². The normalized spacial score (nSPS) is 23.9. The molecular formula is C15H15O4P. The highest BCUT2D eigenvalue weighted by Crippen LogP contribution is 2.61. The molecule has 0 amide bonds. The van der Waals surface area contributed by atoms with Crippen LogP contribution in [-0.4, -0.2) is 17.8 Å². The van der Waals surface area contributed by atoms with Crippen LogP contribution in [0.25, 0.3) is 0 Å². The highest BCUT2D eigenvalue weighted by molar-refractivity contribution is 7.66. The van der Waals surface area contributed by atoms with E-state index in [9.17, 15) is 9.46 Å². The van der Waals surface area contributed by atoms with Crippen molar-refractivity contribution in [2.24, 2.45) is 0 Å². The summed E-state index contributed by atoms with van der Waals surface area (Å²) in [4.78, 5) is 10.3. The fourth-order valence-corrected chi connectivity index (χ4v) is 3.92. The van der Waals surface area contributed by atoms with Crippen molar-refractivity contribution in [3.05, 3.63) is 60.2 Å². The first kappa shape index (κ1) is 13.4. The van der Waals surface area contributed by atoms with Crippen molar-refractivity contribution in [3.63, 3.8) is 0 Å². The summed E-state index contributed by atoms with van der Waals surface area (Å²) >= 11 is 0. The number of epoxide rings is 1. The van der Waals surface area contributed by atoms with Gasteiger partial charge in [-0.25, -0.2) is 0 Å². The summed E-state index contributed by atoms with van der Waals surface area (Å²) in [5, 5.41) is 0.431. The number of methoxy groups -OCH3 is 1. The minimum atomic E-state index is -3.50. The molecule has 2 aromatic carbocycles. The molecule has 0 aliphatic carbocycles. The Morgan fingerprint density at radius 3 is 2.35 bits per heavy atom. The Kier molecular flexibility index (Phi) is 3.38. The van der Waals surface area contributed by atoms with Crippen LogP contribution in [0, 0.1) is 0 Å². The average Bonchev–Trinajstić information content (AvgIpc) is 3.29. The molecule has 1 N–H and O–H groups in total. The maximum Gasteiger partial charge on any atom is 0.260 e. The van der Waals surface area contributed by atoms with E-state index in [1.807, 2.05) is 30.3 Å². The van der Waals surface area contributed by atoms with Gasteiger partial charge in [-0.3, -0.25) is 4.57 Å². The Hall–Kier alpha value is -1.61. The molecule has 1 saturated heterocycles. The summed E-state index contributed by atoms with van der Waals surface area (Å²) in [6.45, 7) is 0. The molecule has 1 aliphatic rings. The average molecular weight is 290 g/mol. The summed E-state index contributed by atoms with van der Waals surface area (Å²) in [5.41, 5.74) is 0.890. The van der Waals surface area contributed by atoms with E-state index in [-0.39, 0.29) is 6.10 Å². The summed E-state index contributed by atoms with van der Waals surface area (Å²) < 4.78 is 23.0. The van der Waals surface area contributed by atoms with Crippen molar-refractivity contribution in [3.8, 4) is 5.75 Å². The lowest BCUT2D eigenvalue weighted by atomic mass is 10.1.